The fourth-order valence-electron chi connectivity index (χ4n) is 1.72. The van der Waals surface area contributed by atoms with Crippen LogP contribution in [0.15, 0.2) is 12.2 Å². The van der Waals surface area contributed by atoms with Gasteiger partial charge in [0.25, 0.3) is 0 Å². The van der Waals surface area contributed by atoms with Gasteiger partial charge in [0, 0.05) is 0 Å². The van der Waals surface area contributed by atoms with E-state index < -0.39 is 5.97 Å². The molecule has 1 N–H and O–H groups in total. The van der Waals surface area contributed by atoms with E-state index in [1.165, 1.54) is 0 Å². The Morgan fingerprint density at radius 1 is 1.55 bits per heavy atom. The van der Waals surface area contributed by atoms with Gasteiger partial charge >= 0.3 is 5.97 Å². The normalized spacial score (nSPS) is 34.1. The van der Waals surface area contributed by atoms with Crippen molar-refractivity contribution in [2.45, 2.75) is 20.8 Å². The van der Waals surface area contributed by atoms with Gasteiger partial charge in [-0.05, 0) is 18.3 Å². The van der Waals surface area contributed by atoms with Crippen molar-refractivity contribution in [3.63, 3.8) is 0 Å². The molecule has 0 spiro atoms. The zero-order valence-electron chi connectivity index (χ0n) is 7.16. The summed E-state index contributed by atoms with van der Waals surface area (Å²) >= 11 is 0. The molecule has 0 amide bonds. The maximum atomic E-state index is 10.6. The molecular formula is C9H14O2. The molecule has 2 atom stereocenters. The predicted octanol–water partition coefficient (Wildman–Crippen LogP) is 1.92. The van der Waals surface area contributed by atoms with Crippen LogP contribution in [0.5, 0.6) is 0 Å². The number of rotatable bonds is 2. The summed E-state index contributed by atoms with van der Waals surface area (Å²) in [5.74, 6) is -0.596. The number of carboxylic acids is 1. The highest BCUT2D eigenvalue weighted by atomic mass is 16.4. The minimum absolute atomic E-state index is 0.0294. The van der Waals surface area contributed by atoms with Crippen LogP contribution in [0, 0.1) is 17.3 Å². The largest absolute Gasteiger partial charge is 0.481 e. The molecule has 0 unspecified atom stereocenters. The molecule has 0 aromatic rings. The molecular weight excluding hydrogens is 140 g/mol. The van der Waals surface area contributed by atoms with E-state index in [2.05, 4.69) is 0 Å². The Balaban J connectivity index is 2.68. The summed E-state index contributed by atoms with van der Waals surface area (Å²) in [6.07, 6.45) is 3.91. The van der Waals surface area contributed by atoms with Crippen LogP contribution in [0.2, 0.25) is 0 Å². The topological polar surface area (TPSA) is 37.3 Å². The lowest BCUT2D eigenvalue weighted by atomic mass is 10.1. The predicted molar refractivity (Wildman–Crippen MR) is 43.2 cm³/mol. The Labute approximate surface area is 66.9 Å². The number of aliphatic carboxylic acids is 1. The first-order chi connectivity index (χ1) is 5.01. The molecule has 2 heteroatoms. The Morgan fingerprint density at radius 3 is 2.36 bits per heavy atom. The van der Waals surface area contributed by atoms with E-state index in [0.717, 1.165) is 0 Å². The number of carboxylic acid groups (broad SMARTS) is 1. The first kappa shape index (κ1) is 8.31. The van der Waals surface area contributed by atoms with Gasteiger partial charge in [-0.3, -0.25) is 4.79 Å². The monoisotopic (exact) mass is 154 g/mol. The van der Waals surface area contributed by atoms with Crippen molar-refractivity contribution in [1.29, 1.82) is 0 Å². The average Bonchev–Trinajstić information content (AvgIpc) is 2.35. The molecule has 0 aromatic carbocycles. The van der Waals surface area contributed by atoms with Crippen LogP contribution in [0.25, 0.3) is 0 Å². The second kappa shape index (κ2) is 2.36. The summed E-state index contributed by atoms with van der Waals surface area (Å²) in [6.45, 7) is 5.92. The van der Waals surface area contributed by atoms with Crippen molar-refractivity contribution in [3.8, 4) is 0 Å². The molecule has 0 heterocycles. The second-order valence-electron chi connectivity index (χ2n) is 3.69. The third-order valence-corrected chi connectivity index (χ3v) is 2.58. The van der Waals surface area contributed by atoms with Gasteiger partial charge in [-0.25, -0.2) is 0 Å². The Kier molecular flexibility index (Phi) is 1.78. The van der Waals surface area contributed by atoms with E-state index in [0.29, 0.717) is 0 Å². The SMILES string of the molecule is C/C=C\[C@H]1[C@@H](C(=O)O)C1(C)C. The summed E-state index contributed by atoms with van der Waals surface area (Å²) in [6, 6.07) is 0. The van der Waals surface area contributed by atoms with Crippen molar-refractivity contribution >= 4 is 5.97 Å². The molecule has 0 bridgehead atoms. The third kappa shape index (κ3) is 1.17. The van der Waals surface area contributed by atoms with Crippen LogP contribution in [-0.4, -0.2) is 11.1 Å². The summed E-state index contributed by atoms with van der Waals surface area (Å²) in [5.41, 5.74) is -0.0294. The van der Waals surface area contributed by atoms with E-state index in [9.17, 15) is 4.79 Å². The van der Waals surface area contributed by atoms with E-state index in [1.807, 2.05) is 32.9 Å². The van der Waals surface area contributed by atoms with Crippen LogP contribution in [0.4, 0.5) is 0 Å². The Bertz CT molecular complexity index is 204. The summed E-state index contributed by atoms with van der Waals surface area (Å²) < 4.78 is 0. The van der Waals surface area contributed by atoms with Gasteiger partial charge in [0.2, 0.25) is 0 Å². The molecule has 1 aliphatic carbocycles. The molecule has 62 valence electrons. The van der Waals surface area contributed by atoms with Crippen LogP contribution in [-0.2, 0) is 4.79 Å². The van der Waals surface area contributed by atoms with E-state index in [1.54, 1.807) is 0 Å². The van der Waals surface area contributed by atoms with Crippen LogP contribution in [0.1, 0.15) is 20.8 Å². The molecule has 11 heavy (non-hydrogen) atoms. The van der Waals surface area contributed by atoms with Crippen molar-refractivity contribution in [2.24, 2.45) is 17.3 Å². The molecule has 0 radical (unpaired) electrons. The van der Waals surface area contributed by atoms with Gasteiger partial charge in [-0.15, -0.1) is 0 Å². The fraction of sp³-hybridized carbons (Fsp3) is 0.667. The highest BCUT2D eigenvalue weighted by molar-refractivity contribution is 5.76. The highest BCUT2D eigenvalue weighted by Gasteiger charge is 2.60. The quantitative estimate of drug-likeness (QED) is 0.617. The average molecular weight is 154 g/mol. The first-order valence-electron chi connectivity index (χ1n) is 3.87. The molecule has 1 saturated carbocycles. The summed E-state index contributed by atoms with van der Waals surface area (Å²) in [7, 11) is 0. The van der Waals surface area contributed by atoms with Gasteiger partial charge in [-0.2, -0.15) is 0 Å². The first-order valence-corrected chi connectivity index (χ1v) is 3.87. The van der Waals surface area contributed by atoms with Crippen molar-refractivity contribution in [1.82, 2.24) is 0 Å². The van der Waals surface area contributed by atoms with Crippen molar-refractivity contribution < 1.29 is 9.90 Å². The Hall–Kier alpha value is -0.790. The summed E-state index contributed by atoms with van der Waals surface area (Å²) in [4.78, 5) is 10.6. The molecule has 1 aliphatic rings. The molecule has 1 rings (SSSR count). The summed E-state index contributed by atoms with van der Waals surface area (Å²) in [5, 5.41) is 8.75. The molecule has 2 nitrogen and oxygen atoms in total. The number of carbonyl (C=O) groups is 1. The fourth-order valence-corrected chi connectivity index (χ4v) is 1.72. The molecule has 0 saturated heterocycles. The second-order valence-corrected chi connectivity index (χ2v) is 3.69. The minimum atomic E-state index is -0.668. The van der Waals surface area contributed by atoms with Gasteiger partial charge in [0.1, 0.15) is 0 Å². The molecule has 0 aromatic heterocycles. The maximum absolute atomic E-state index is 10.6. The maximum Gasteiger partial charge on any atom is 0.307 e. The Morgan fingerprint density at radius 2 is 2.09 bits per heavy atom. The standard InChI is InChI=1S/C9H14O2/c1-4-5-6-7(8(10)11)9(6,2)3/h4-7H,1-3H3,(H,10,11)/b5-4-/t6-,7-/m0/s1. The van der Waals surface area contributed by atoms with E-state index in [-0.39, 0.29) is 17.3 Å². The highest BCUT2D eigenvalue weighted by Crippen LogP contribution is 2.58. The van der Waals surface area contributed by atoms with Crippen LogP contribution >= 0.6 is 0 Å². The smallest absolute Gasteiger partial charge is 0.307 e. The van der Waals surface area contributed by atoms with Crippen molar-refractivity contribution in [3.05, 3.63) is 12.2 Å². The zero-order valence-corrected chi connectivity index (χ0v) is 7.16. The van der Waals surface area contributed by atoms with E-state index in [4.69, 9.17) is 5.11 Å². The molecule has 0 aliphatic heterocycles. The zero-order chi connectivity index (χ0) is 8.65. The van der Waals surface area contributed by atoms with Gasteiger partial charge < -0.3 is 5.11 Å². The molecule has 1 fully saturated rings. The lowest BCUT2D eigenvalue weighted by Crippen LogP contribution is -2.02. The van der Waals surface area contributed by atoms with Crippen LogP contribution in [0.3, 0.4) is 0 Å². The van der Waals surface area contributed by atoms with Crippen LogP contribution < -0.4 is 0 Å². The lowest BCUT2D eigenvalue weighted by Gasteiger charge is -1.95. The number of hydrogen-bond donors (Lipinski definition) is 1. The third-order valence-electron chi connectivity index (χ3n) is 2.58. The lowest BCUT2D eigenvalue weighted by molar-refractivity contribution is -0.139. The number of hydrogen-bond acceptors (Lipinski definition) is 1. The van der Waals surface area contributed by atoms with E-state index >= 15 is 0 Å². The van der Waals surface area contributed by atoms with Gasteiger partial charge in [-0.1, -0.05) is 26.0 Å². The van der Waals surface area contributed by atoms with Gasteiger partial charge in [0.15, 0.2) is 0 Å². The van der Waals surface area contributed by atoms with Crippen molar-refractivity contribution in [2.75, 3.05) is 0 Å². The van der Waals surface area contributed by atoms with Gasteiger partial charge in [0.05, 0.1) is 5.92 Å². The minimum Gasteiger partial charge on any atom is -0.481 e. The number of allylic oxidation sites excluding steroid dienone is 2.